The molecule has 3 rings (SSSR count). The number of rotatable bonds is 6. The first-order valence-electron chi connectivity index (χ1n) is 8.30. The maximum absolute atomic E-state index is 5.35. The van der Waals surface area contributed by atoms with E-state index < -0.39 is 0 Å². The zero-order chi connectivity index (χ0) is 13.1. The summed E-state index contributed by atoms with van der Waals surface area (Å²) >= 11 is 0. The lowest BCUT2D eigenvalue weighted by atomic mass is 9.91. The molecular formula is C16H31ClN2O. The Balaban J connectivity index is 0.00000147. The van der Waals surface area contributed by atoms with Crippen molar-refractivity contribution in [2.24, 2.45) is 17.8 Å². The van der Waals surface area contributed by atoms with Crippen molar-refractivity contribution in [1.82, 2.24) is 10.2 Å². The average Bonchev–Trinajstić information content (AvgIpc) is 3.07. The third-order valence-electron chi connectivity index (χ3n) is 5.70. The van der Waals surface area contributed by atoms with Crippen molar-refractivity contribution in [3.8, 4) is 0 Å². The van der Waals surface area contributed by atoms with E-state index >= 15 is 0 Å². The molecule has 0 aromatic rings. The topological polar surface area (TPSA) is 24.5 Å². The number of ether oxygens (including phenoxy) is 1. The fraction of sp³-hybridized carbons (Fsp3) is 1.00. The Morgan fingerprint density at radius 1 is 1.10 bits per heavy atom. The number of nitrogens with zero attached hydrogens (tertiary/aromatic N) is 1. The molecule has 0 amide bonds. The van der Waals surface area contributed by atoms with E-state index in [4.69, 9.17) is 4.74 Å². The number of hydrogen-bond acceptors (Lipinski definition) is 3. The maximum Gasteiger partial charge on any atom is 0.0589 e. The predicted octanol–water partition coefficient (Wildman–Crippen LogP) is 2.54. The lowest BCUT2D eigenvalue weighted by Crippen LogP contribution is -2.45. The van der Waals surface area contributed by atoms with Crippen molar-refractivity contribution in [2.75, 3.05) is 39.9 Å². The van der Waals surface area contributed by atoms with Crippen LogP contribution in [0.2, 0.25) is 0 Å². The quantitative estimate of drug-likeness (QED) is 0.816. The highest BCUT2D eigenvalue weighted by Gasteiger charge is 2.42. The van der Waals surface area contributed by atoms with Crippen molar-refractivity contribution in [2.45, 2.75) is 44.6 Å². The lowest BCUT2D eigenvalue weighted by molar-refractivity contribution is 0.0757. The van der Waals surface area contributed by atoms with E-state index in [2.05, 4.69) is 10.2 Å². The molecule has 3 nitrogen and oxygen atoms in total. The molecule has 3 atom stereocenters. The largest absolute Gasteiger partial charge is 0.383 e. The first-order valence-corrected chi connectivity index (χ1v) is 8.30. The average molecular weight is 303 g/mol. The van der Waals surface area contributed by atoms with Gasteiger partial charge in [-0.2, -0.15) is 0 Å². The third-order valence-corrected chi connectivity index (χ3v) is 5.70. The van der Waals surface area contributed by atoms with E-state index in [1.807, 2.05) is 7.11 Å². The van der Waals surface area contributed by atoms with Gasteiger partial charge in [-0.1, -0.05) is 6.42 Å². The molecule has 0 spiro atoms. The smallest absolute Gasteiger partial charge is 0.0589 e. The summed E-state index contributed by atoms with van der Waals surface area (Å²) in [6.45, 7) is 5.81. The van der Waals surface area contributed by atoms with Crippen LogP contribution in [0.15, 0.2) is 0 Å². The molecule has 3 unspecified atom stereocenters. The normalized spacial score (nSPS) is 33.6. The van der Waals surface area contributed by atoms with Gasteiger partial charge in [-0.3, -0.25) is 4.90 Å². The van der Waals surface area contributed by atoms with Gasteiger partial charge in [-0.15, -0.1) is 12.4 Å². The van der Waals surface area contributed by atoms with Gasteiger partial charge in [0.25, 0.3) is 0 Å². The van der Waals surface area contributed by atoms with Gasteiger partial charge in [-0.25, -0.2) is 0 Å². The van der Waals surface area contributed by atoms with Crippen molar-refractivity contribution < 1.29 is 4.74 Å². The van der Waals surface area contributed by atoms with E-state index in [-0.39, 0.29) is 12.4 Å². The molecule has 3 fully saturated rings. The molecule has 1 aliphatic heterocycles. The minimum Gasteiger partial charge on any atom is -0.383 e. The second-order valence-corrected chi connectivity index (χ2v) is 6.92. The van der Waals surface area contributed by atoms with Crippen LogP contribution in [0.5, 0.6) is 0 Å². The van der Waals surface area contributed by atoms with Gasteiger partial charge < -0.3 is 10.1 Å². The van der Waals surface area contributed by atoms with Crippen LogP contribution in [0, 0.1) is 17.8 Å². The molecule has 2 saturated carbocycles. The van der Waals surface area contributed by atoms with Gasteiger partial charge in [0.05, 0.1) is 6.61 Å². The van der Waals surface area contributed by atoms with Gasteiger partial charge in [0.15, 0.2) is 0 Å². The molecule has 3 aliphatic rings. The van der Waals surface area contributed by atoms with Gasteiger partial charge in [0, 0.05) is 26.2 Å². The Morgan fingerprint density at radius 3 is 2.50 bits per heavy atom. The summed E-state index contributed by atoms with van der Waals surface area (Å²) in [7, 11) is 1.84. The van der Waals surface area contributed by atoms with Gasteiger partial charge >= 0.3 is 0 Å². The third kappa shape index (κ3) is 3.88. The van der Waals surface area contributed by atoms with Crippen LogP contribution in [0.1, 0.15) is 38.5 Å². The van der Waals surface area contributed by atoms with Gasteiger partial charge in [0.2, 0.25) is 0 Å². The van der Waals surface area contributed by atoms with E-state index in [1.54, 1.807) is 0 Å². The van der Waals surface area contributed by atoms with Crippen LogP contribution in [-0.2, 0) is 4.74 Å². The molecule has 4 heteroatoms. The number of fused-ring (bicyclic) bond motifs is 2. The van der Waals surface area contributed by atoms with Crippen molar-refractivity contribution >= 4 is 12.4 Å². The molecule has 1 N–H and O–H groups in total. The van der Waals surface area contributed by atoms with Crippen molar-refractivity contribution in [3.05, 3.63) is 0 Å². The molecule has 1 saturated heterocycles. The zero-order valence-corrected chi connectivity index (χ0v) is 13.7. The van der Waals surface area contributed by atoms with E-state index in [9.17, 15) is 0 Å². The summed E-state index contributed by atoms with van der Waals surface area (Å²) < 4.78 is 5.35. The van der Waals surface area contributed by atoms with E-state index in [0.717, 1.165) is 36.9 Å². The molecule has 2 bridgehead atoms. The molecule has 118 valence electrons. The van der Waals surface area contributed by atoms with Crippen LogP contribution < -0.4 is 5.32 Å². The van der Waals surface area contributed by atoms with E-state index in [1.165, 1.54) is 58.2 Å². The molecule has 0 radical (unpaired) electrons. The second kappa shape index (κ2) is 7.98. The van der Waals surface area contributed by atoms with Gasteiger partial charge in [-0.05, 0) is 62.9 Å². The fourth-order valence-electron chi connectivity index (χ4n) is 4.66. The minimum atomic E-state index is 0. The van der Waals surface area contributed by atoms with E-state index in [0.29, 0.717) is 0 Å². The molecule has 0 aromatic heterocycles. The predicted molar refractivity (Wildman–Crippen MR) is 85.5 cm³/mol. The Morgan fingerprint density at radius 2 is 1.90 bits per heavy atom. The summed E-state index contributed by atoms with van der Waals surface area (Å²) in [5.74, 6) is 2.97. The standard InChI is InChI=1S/C16H30N2O.ClH/c1-19-9-8-18(12-13-4-6-17-7-5-13)16-11-14-2-3-15(16)10-14;/h13-17H,2-12H2,1H3;1H. The maximum atomic E-state index is 5.35. The number of piperidine rings is 1. The van der Waals surface area contributed by atoms with Crippen LogP contribution in [0.3, 0.4) is 0 Å². The summed E-state index contributed by atoms with van der Waals surface area (Å²) in [4.78, 5) is 2.79. The Labute approximate surface area is 130 Å². The number of nitrogens with one attached hydrogen (secondary N) is 1. The first-order chi connectivity index (χ1) is 9.36. The minimum absolute atomic E-state index is 0. The van der Waals surface area contributed by atoms with Gasteiger partial charge in [0.1, 0.15) is 0 Å². The highest BCUT2D eigenvalue weighted by atomic mass is 35.5. The number of methoxy groups -OCH3 is 1. The van der Waals surface area contributed by atoms with Crippen LogP contribution in [-0.4, -0.2) is 50.8 Å². The molecule has 1 heterocycles. The fourth-order valence-corrected chi connectivity index (χ4v) is 4.66. The molecule has 20 heavy (non-hydrogen) atoms. The monoisotopic (exact) mass is 302 g/mol. The summed E-state index contributed by atoms with van der Waals surface area (Å²) in [6, 6.07) is 0.879. The zero-order valence-electron chi connectivity index (χ0n) is 12.9. The highest BCUT2D eigenvalue weighted by Crippen LogP contribution is 2.46. The highest BCUT2D eigenvalue weighted by molar-refractivity contribution is 5.85. The Hall–Kier alpha value is 0.170. The summed E-state index contributed by atoms with van der Waals surface area (Å²) in [5, 5.41) is 3.48. The van der Waals surface area contributed by atoms with Crippen molar-refractivity contribution in [3.63, 3.8) is 0 Å². The Bertz CT molecular complexity index is 284. The number of hydrogen-bond donors (Lipinski definition) is 1. The summed E-state index contributed by atoms with van der Waals surface area (Å²) in [5.41, 5.74) is 0. The molecular weight excluding hydrogens is 272 g/mol. The van der Waals surface area contributed by atoms with Crippen LogP contribution in [0.25, 0.3) is 0 Å². The second-order valence-electron chi connectivity index (χ2n) is 6.92. The molecule has 2 aliphatic carbocycles. The lowest BCUT2D eigenvalue weighted by Gasteiger charge is -2.37. The van der Waals surface area contributed by atoms with Crippen LogP contribution in [0.4, 0.5) is 0 Å². The first kappa shape index (κ1) is 16.5. The summed E-state index contributed by atoms with van der Waals surface area (Å²) in [6.07, 6.45) is 8.71. The number of halogens is 1. The van der Waals surface area contributed by atoms with Crippen molar-refractivity contribution in [1.29, 1.82) is 0 Å². The molecule has 0 aromatic carbocycles. The van der Waals surface area contributed by atoms with Crippen LogP contribution >= 0.6 is 12.4 Å². The Kier molecular flexibility index (Phi) is 6.60. The SMILES string of the molecule is COCCN(CC1CCNCC1)C1CC2CCC1C2.Cl.